The number of halogens is 2. The molecule has 0 amide bonds. The SMILES string of the molecule is Cc1cc(-c2cccc(Cl)c2)cc2sc3cc4c(cc3c12)C1(c2cc(-c3ccc(Cl)cc3)ccc2S4)c2ccccc2-c2ccccc21. The molecule has 2 heterocycles. The van der Waals surface area contributed by atoms with Crippen molar-refractivity contribution in [3.63, 3.8) is 0 Å². The molecule has 7 aromatic carbocycles. The summed E-state index contributed by atoms with van der Waals surface area (Å²) in [6.45, 7) is 2.25. The maximum Gasteiger partial charge on any atom is 0.0735 e. The average molecular weight is 690 g/mol. The van der Waals surface area contributed by atoms with E-state index in [-0.39, 0.29) is 0 Å². The van der Waals surface area contributed by atoms with E-state index in [0.29, 0.717) is 0 Å². The lowest BCUT2D eigenvalue weighted by atomic mass is 9.66. The zero-order valence-electron chi connectivity index (χ0n) is 25.9. The van der Waals surface area contributed by atoms with Gasteiger partial charge < -0.3 is 0 Å². The fourth-order valence-corrected chi connectivity index (χ4v) is 11.0. The Labute approximate surface area is 297 Å². The van der Waals surface area contributed by atoms with Crippen molar-refractivity contribution in [2.45, 2.75) is 22.1 Å². The molecule has 4 heteroatoms. The Kier molecular flexibility index (Phi) is 6.33. The summed E-state index contributed by atoms with van der Waals surface area (Å²) in [5.41, 5.74) is 13.5. The Bertz CT molecular complexity index is 2580. The summed E-state index contributed by atoms with van der Waals surface area (Å²) in [7, 11) is 0. The summed E-state index contributed by atoms with van der Waals surface area (Å²) >= 11 is 16.5. The topological polar surface area (TPSA) is 0 Å². The van der Waals surface area contributed by atoms with Crippen LogP contribution in [0.3, 0.4) is 0 Å². The molecule has 0 atom stereocenters. The zero-order chi connectivity index (χ0) is 32.1. The minimum Gasteiger partial charge on any atom is -0.135 e. The fraction of sp³-hybridized carbons (Fsp3) is 0.0455. The summed E-state index contributed by atoms with van der Waals surface area (Å²) < 4.78 is 2.62. The predicted octanol–water partition coefficient (Wildman–Crippen LogP) is 13.8. The maximum atomic E-state index is 6.40. The molecular weight excluding hydrogens is 664 g/mol. The molecule has 228 valence electrons. The van der Waals surface area contributed by atoms with Gasteiger partial charge in [0.25, 0.3) is 0 Å². The molecule has 0 unspecified atom stereocenters. The molecule has 2 aliphatic rings. The summed E-state index contributed by atoms with van der Waals surface area (Å²) in [5.74, 6) is 0. The van der Waals surface area contributed by atoms with Crippen molar-refractivity contribution >= 4 is 66.5 Å². The van der Waals surface area contributed by atoms with Gasteiger partial charge in [-0.15, -0.1) is 11.3 Å². The second kappa shape index (κ2) is 10.6. The Balaban J connectivity index is 1.29. The summed E-state index contributed by atoms with van der Waals surface area (Å²) in [6, 6.07) is 51.1. The van der Waals surface area contributed by atoms with E-state index in [9.17, 15) is 0 Å². The van der Waals surface area contributed by atoms with Gasteiger partial charge in [-0.05, 0) is 123 Å². The van der Waals surface area contributed by atoms with Crippen molar-refractivity contribution in [2.24, 2.45) is 0 Å². The monoisotopic (exact) mass is 688 g/mol. The lowest BCUT2D eigenvalue weighted by Gasteiger charge is -2.40. The van der Waals surface area contributed by atoms with E-state index < -0.39 is 5.41 Å². The predicted molar refractivity (Wildman–Crippen MR) is 206 cm³/mol. The minimum absolute atomic E-state index is 0.456. The van der Waals surface area contributed by atoms with Crippen molar-refractivity contribution in [1.82, 2.24) is 0 Å². The fourth-order valence-electron chi connectivity index (χ4n) is 8.16. The van der Waals surface area contributed by atoms with Crippen LogP contribution in [0.15, 0.2) is 149 Å². The molecule has 1 aliphatic carbocycles. The van der Waals surface area contributed by atoms with Crippen molar-refractivity contribution in [3.05, 3.63) is 177 Å². The molecule has 0 nitrogen and oxygen atoms in total. The molecule has 0 bridgehead atoms. The van der Waals surface area contributed by atoms with Crippen LogP contribution < -0.4 is 0 Å². The smallest absolute Gasteiger partial charge is 0.0735 e. The third-order valence-electron chi connectivity index (χ3n) is 10.2. The second-order valence-corrected chi connectivity index (χ2v) is 15.8. The van der Waals surface area contributed by atoms with Crippen LogP contribution in [0.1, 0.15) is 27.8 Å². The number of hydrogen-bond acceptors (Lipinski definition) is 2. The molecule has 48 heavy (non-hydrogen) atoms. The molecular formula is C44H26Cl2S2. The van der Waals surface area contributed by atoms with Crippen LogP contribution in [0.5, 0.6) is 0 Å². The average Bonchev–Trinajstić information content (AvgIpc) is 3.62. The maximum absolute atomic E-state index is 6.40. The molecule has 0 saturated heterocycles. The highest BCUT2D eigenvalue weighted by Crippen LogP contribution is 2.63. The van der Waals surface area contributed by atoms with Crippen molar-refractivity contribution < 1.29 is 0 Å². The number of fused-ring (bicyclic) bond motifs is 12. The van der Waals surface area contributed by atoms with Gasteiger partial charge in [0.1, 0.15) is 0 Å². The highest BCUT2D eigenvalue weighted by molar-refractivity contribution is 7.99. The van der Waals surface area contributed by atoms with E-state index in [2.05, 4.69) is 122 Å². The van der Waals surface area contributed by atoms with E-state index in [0.717, 1.165) is 21.2 Å². The molecule has 0 radical (unpaired) electrons. The van der Waals surface area contributed by atoms with Crippen molar-refractivity contribution in [2.75, 3.05) is 0 Å². The Morgan fingerprint density at radius 3 is 1.92 bits per heavy atom. The van der Waals surface area contributed by atoms with Gasteiger partial charge in [-0.25, -0.2) is 0 Å². The molecule has 1 aliphatic heterocycles. The van der Waals surface area contributed by atoms with E-state index in [4.69, 9.17) is 23.2 Å². The molecule has 0 saturated carbocycles. The third-order valence-corrected chi connectivity index (χ3v) is 12.9. The first-order chi connectivity index (χ1) is 23.5. The van der Waals surface area contributed by atoms with Crippen molar-refractivity contribution in [3.8, 4) is 33.4 Å². The van der Waals surface area contributed by atoms with E-state index >= 15 is 0 Å². The Morgan fingerprint density at radius 2 is 1.17 bits per heavy atom. The summed E-state index contributed by atoms with van der Waals surface area (Å²) in [4.78, 5) is 2.62. The van der Waals surface area contributed by atoms with Crippen molar-refractivity contribution in [1.29, 1.82) is 0 Å². The molecule has 8 aromatic rings. The van der Waals surface area contributed by atoms with Crippen LogP contribution in [0.2, 0.25) is 10.0 Å². The lowest BCUT2D eigenvalue weighted by molar-refractivity contribution is 0.725. The Hall–Kier alpha value is -4.31. The number of aryl methyl sites for hydroxylation is 1. The number of hydrogen-bond donors (Lipinski definition) is 0. The number of benzene rings is 7. The summed E-state index contributed by atoms with van der Waals surface area (Å²) in [6.07, 6.45) is 0. The first-order valence-electron chi connectivity index (χ1n) is 16.0. The van der Waals surface area contributed by atoms with Crippen LogP contribution in [0.4, 0.5) is 0 Å². The normalized spacial score (nSPS) is 13.8. The van der Waals surface area contributed by atoms with Gasteiger partial charge in [-0.2, -0.15) is 0 Å². The van der Waals surface area contributed by atoms with Crippen LogP contribution in [-0.4, -0.2) is 0 Å². The molecule has 0 N–H and O–H groups in total. The third kappa shape index (κ3) is 4.04. The van der Waals surface area contributed by atoms with Gasteiger partial charge >= 0.3 is 0 Å². The Morgan fingerprint density at radius 1 is 0.479 bits per heavy atom. The first-order valence-corrected chi connectivity index (χ1v) is 18.4. The minimum atomic E-state index is -0.456. The second-order valence-electron chi connectivity index (χ2n) is 12.8. The van der Waals surface area contributed by atoms with Gasteiger partial charge in [-0.3, -0.25) is 0 Å². The number of rotatable bonds is 2. The van der Waals surface area contributed by atoms with Gasteiger partial charge in [0.15, 0.2) is 0 Å². The van der Waals surface area contributed by atoms with Gasteiger partial charge in [0.05, 0.1) is 5.41 Å². The van der Waals surface area contributed by atoms with Crippen LogP contribution in [0, 0.1) is 6.92 Å². The van der Waals surface area contributed by atoms with Gasteiger partial charge in [0.2, 0.25) is 0 Å². The standard InChI is InChI=1S/C44H26Cl2S2/c1-25-19-29(27-7-6-8-31(46)20-27)22-42-43(25)34-23-38-41(24-40(34)48-42)47-39-18-15-28(26-13-16-30(45)17-14-26)21-37(39)44(38)35-11-4-2-9-32(35)33-10-3-5-12-36(33)44/h2-24H,1H3. The quantitative estimate of drug-likeness (QED) is 0.174. The van der Waals surface area contributed by atoms with Gasteiger partial charge in [0, 0.05) is 40.0 Å². The van der Waals surface area contributed by atoms with Crippen LogP contribution in [-0.2, 0) is 5.41 Å². The van der Waals surface area contributed by atoms with E-state index in [1.54, 1.807) is 0 Å². The molecule has 1 spiro atoms. The highest BCUT2D eigenvalue weighted by Gasteiger charge is 2.50. The van der Waals surface area contributed by atoms with E-state index in [1.807, 2.05) is 47.4 Å². The lowest BCUT2D eigenvalue weighted by Crippen LogP contribution is -2.32. The molecule has 1 aromatic heterocycles. The van der Waals surface area contributed by atoms with Crippen LogP contribution >= 0.6 is 46.3 Å². The molecule has 10 rings (SSSR count). The van der Waals surface area contributed by atoms with E-state index in [1.165, 1.54) is 80.0 Å². The zero-order valence-corrected chi connectivity index (χ0v) is 29.0. The van der Waals surface area contributed by atoms with Crippen LogP contribution in [0.25, 0.3) is 53.6 Å². The van der Waals surface area contributed by atoms with Gasteiger partial charge in [-0.1, -0.05) is 120 Å². The highest BCUT2D eigenvalue weighted by atomic mass is 35.5. The molecule has 0 fully saturated rings. The first kappa shape index (κ1) is 28.7. The summed E-state index contributed by atoms with van der Waals surface area (Å²) in [5, 5.41) is 4.16. The number of thiophene rings is 1. The largest absolute Gasteiger partial charge is 0.135 e.